The number of anilines is 1. The third-order valence-electron chi connectivity index (χ3n) is 3.47. The highest BCUT2D eigenvalue weighted by Gasteiger charge is 2.27. The fraction of sp³-hybridized carbons (Fsp3) is 0.615. The summed E-state index contributed by atoms with van der Waals surface area (Å²) in [5.74, 6) is 1.14. The summed E-state index contributed by atoms with van der Waals surface area (Å²) >= 11 is 5.98. The zero-order chi connectivity index (χ0) is 12.3. The molecule has 2 atom stereocenters. The quantitative estimate of drug-likeness (QED) is 0.868. The fourth-order valence-corrected chi connectivity index (χ4v) is 2.76. The van der Waals surface area contributed by atoms with Gasteiger partial charge in [-0.2, -0.15) is 0 Å². The van der Waals surface area contributed by atoms with E-state index in [2.05, 4.69) is 17.2 Å². The van der Waals surface area contributed by atoms with Crippen molar-refractivity contribution < 1.29 is 0 Å². The molecule has 1 fully saturated rings. The average Bonchev–Trinajstić information content (AvgIpc) is 2.78. The highest BCUT2D eigenvalue weighted by atomic mass is 35.5. The fourth-order valence-electron chi connectivity index (χ4n) is 2.59. The molecule has 0 amide bonds. The lowest BCUT2D eigenvalue weighted by atomic mass is 9.98. The normalized spacial score (nSPS) is 24.1. The summed E-state index contributed by atoms with van der Waals surface area (Å²) in [5, 5.41) is 4.25. The number of nitrogens with two attached hydrogens (primary N) is 1. The number of hydrogen-bond donors (Lipinski definition) is 2. The van der Waals surface area contributed by atoms with Crippen molar-refractivity contribution in [1.82, 2.24) is 10.3 Å². The zero-order valence-corrected chi connectivity index (χ0v) is 11.0. The molecule has 1 aliphatic rings. The van der Waals surface area contributed by atoms with Crippen LogP contribution in [-0.2, 0) is 0 Å². The lowest BCUT2D eigenvalue weighted by Gasteiger charge is -2.14. The number of nitrogens with one attached hydrogen (secondary N) is 1. The number of hydrogen-bond acceptors (Lipinski definition) is 3. The van der Waals surface area contributed by atoms with Crippen molar-refractivity contribution in [3.63, 3.8) is 0 Å². The molecule has 17 heavy (non-hydrogen) atoms. The van der Waals surface area contributed by atoms with Crippen LogP contribution in [0.1, 0.15) is 44.1 Å². The highest BCUT2D eigenvalue weighted by Crippen LogP contribution is 2.37. The van der Waals surface area contributed by atoms with E-state index in [0.29, 0.717) is 22.8 Å². The van der Waals surface area contributed by atoms with Gasteiger partial charge in [-0.3, -0.25) is 0 Å². The molecular formula is C13H20ClN3. The van der Waals surface area contributed by atoms with E-state index in [0.717, 1.165) is 18.5 Å². The van der Waals surface area contributed by atoms with Crippen molar-refractivity contribution in [3.05, 3.63) is 22.8 Å². The molecule has 2 rings (SSSR count). The van der Waals surface area contributed by atoms with Gasteiger partial charge in [-0.15, -0.1) is 0 Å². The van der Waals surface area contributed by atoms with Crippen molar-refractivity contribution in [3.8, 4) is 0 Å². The number of nitrogens with zero attached hydrogens (tertiary/aromatic N) is 1. The molecule has 1 heterocycles. The maximum Gasteiger partial charge on any atom is 0.126 e. The average molecular weight is 254 g/mol. The first-order chi connectivity index (χ1) is 8.20. The number of aromatic nitrogens is 1. The van der Waals surface area contributed by atoms with Crippen LogP contribution in [0.15, 0.2) is 12.3 Å². The van der Waals surface area contributed by atoms with Gasteiger partial charge in [0.1, 0.15) is 5.82 Å². The van der Waals surface area contributed by atoms with Gasteiger partial charge >= 0.3 is 0 Å². The molecule has 94 valence electrons. The van der Waals surface area contributed by atoms with Crippen molar-refractivity contribution in [1.29, 1.82) is 0 Å². The summed E-state index contributed by atoms with van der Waals surface area (Å²) < 4.78 is 0. The minimum Gasteiger partial charge on any atom is -0.383 e. The van der Waals surface area contributed by atoms with E-state index in [1.807, 2.05) is 6.07 Å². The topological polar surface area (TPSA) is 50.9 Å². The molecule has 1 aromatic heterocycles. The molecule has 1 aliphatic carbocycles. The monoisotopic (exact) mass is 253 g/mol. The van der Waals surface area contributed by atoms with Gasteiger partial charge in [0.25, 0.3) is 0 Å². The first-order valence-corrected chi connectivity index (χ1v) is 6.72. The second-order valence-corrected chi connectivity index (χ2v) is 5.23. The predicted octanol–water partition coefficient (Wildman–Crippen LogP) is 2.95. The van der Waals surface area contributed by atoms with E-state index in [9.17, 15) is 0 Å². The number of rotatable bonds is 4. The second kappa shape index (κ2) is 5.69. The van der Waals surface area contributed by atoms with Crippen LogP contribution in [0.25, 0.3) is 0 Å². The largest absolute Gasteiger partial charge is 0.383 e. The van der Waals surface area contributed by atoms with Crippen LogP contribution < -0.4 is 11.1 Å². The minimum atomic E-state index is 0.510. The molecule has 3 nitrogen and oxygen atoms in total. The molecule has 0 spiro atoms. The SMILES string of the molecule is CCCNC1CCC(c2cc(Cl)cnc2N)C1. The molecule has 2 unspecified atom stereocenters. The molecule has 0 aromatic carbocycles. The molecule has 0 radical (unpaired) electrons. The molecule has 1 saturated carbocycles. The molecule has 0 saturated heterocycles. The lowest BCUT2D eigenvalue weighted by molar-refractivity contribution is 0.517. The third kappa shape index (κ3) is 3.11. The van der Waals surface area contributed by atoms with Gasteiger partial charge in [0.05, 0.1) is 5.02 Å². The Kier molecular flexibility index (Phi) is 4.24. The summed E-state index contributed by atoms with van der Waals surface area (Å²) in [4.78, 5) is 4.14. The van der Waals surface area contributed by atoms with E-state index in [1.165, 1.54) is 19.3 Å². The first kappa shape index (κ1) is 12.7. The molecular weight excluding hydrogens is 234 g/mol. The van der Waals surface area contributed by atoms with Gasteiger partial charge in [-0.05, 0) is 49.8 Å². The van der Waals surface area contributed by atoms with Gasteiger partial charge in [-0.25, -0.2) is 4.98 Å². The van der Waals surface area contributed by atoms with Crippen molar-refractivity contribution in [2.24, 2.45) is 0 Å². The Bertz CT molecular complexity index is 381. The Morgan fingerprint density at radius 3 is 3.12 bits per heavy atom. The number of halogens is 1. The van der Waals surface area contributed by atoms with Crippen LogP contribution in [0.4, 0.5) is 5.82 Å². The van der Waals surface area contributed by atoms with Crippen LogP contribution in [0.2, 0.25) is 5.02 Å². The Labute approximate surface area is 108 Å². The standard InChI is InChI=1S/C13H20ClN3/c1-2-5-16-11-4-3-9(6-11)12-7-10(14)8-17-13(12)15/h7-9,11,16H,2-6H2,1H3,(H2,15,17). The van der Waals surface area contributed by atoms with Crippen LogP contribution in [0.5, 0.6) is 0 Å². The Morgan fingerprint density at radius 2 is 2.35 bits per heavy atom. The lowest BCUT2D eigenvalue weighted by Crippen LogP contribution is -2.26. The maximum absolute atomic E-state index is 5.98. The van der Waals surface area contributed by atoms with Gasteiger partial charge in [0.2, 0.25) is 0 Å². The van der Waals surface area contributed by atoms with E-state index in [4.69, 9.17) is 17.3 Å². The van der Waals surface area contributed by atoms with E-state index in [-0.39, 0.29) is 0 Å². The molecule has 0 bridgehead atoms. The maximum atomic E-state index is 5.98. The van der Waals surface area contributed by atoms with Crippen LogP contribution in [0, 0.1) is 0 Å². The first-order valence-electron chi connectivity index (χ1n) is 6.35. The summed E-state index contributed by atoms with van der Waals surface area (Å²) in [6.07, 6.45) is 6.33. The summed E-state index contributed by atoms with van der Waals surface area (Å²) in [6, 6.07) is 2.59. The van der Waals surface area contributed by atoms with Crippen molar-refractivity contribution in [2.75, 3.05) is 12.3 Å². The zero-order valence-electron chi connectivity index (χ0n) is 10.2. The second-order valence-electron chi connectivity index (χ2n) is 4.79. The van der Waals surface area contributed by atoms with E-state index in [1.54, 1.807) is 6.20 Å². The summed E-state index contributed by atoms with van der Waals surface area (Å²) in [7, 11) is 0. The van der Waals surface area contributed by atoms with Crippen molar-refractivity contribution in [2.45, 2.75) is 44.6 Å². The summed E-state index contributed by atoms with van der Waals surface area (Å²) in [5.41, 5.74) is 7.05. The van der Waals surface area contributed by atoms with Gasteiger partial charge in [0, 0.05) is 12.2 Å². The van der Waals surface area contributed by atoms with Gasteiger partial charge < -0.3 is 11.1 Å². The minimum absolute atomic E-state index is 0.510. The molecule has 3 N–H and O–H groups in total. The smallest absolute Gasteiger partial charge is 0.126 e. The van der Waals surface area contributed by atoms with Crippen molar-refractivity contribution >= 4 is 17.4 Å². The van der Waals surface area contributed by atoms with E-state index >= 15 is 0 Å². The van der Waals surface area contributed by atoms with E-state index < -0.39 is 0 Å². The summed E-state index contributed by atoms with van der Waals surface area (Å²) in [6.45, 7) is 3.29. The molecule has 0 aliphatic heterocycles. The van der Waals surface area contributed by atoms with Gasteiger partial charge in [0.15, 0.2) is 0 Å². The van der Waals surface area contributed by atoms with Crippen LogP contribution in [0.3, 0.4) is 0 Å². The number of nitrogen functional groups attached to an aromatic ring is 1. The number of pyridine rings is 1. The predicted molar refractivity (Wildman–Crippen MR) is 72.3 cm³/mol. The van der Waals surface area contributed by atoms with Crippen LogP contribution in [-0.4, -0.2) is 17.6 Å². The molecule has 1 aromatic rings. The third-order valence-corrected chi connectivity index (χ3v) is 3.68. The van der Waals surface area contributed by atoms with Crippen LogP contribution >= 0.6 is 11.6 Å². The van der Waals surface area contributed by atoms with Gasteiger partial charge in [-0.1, -0.05) is 18.5 Å². The Balaban J connectivity index is 2.02. The Hall–Kier alpha value is -0.800. The highest BCUT2D eigenvalue weighted by molar-refractivity contribution is 6.30. The Morgan fingerprint density at radius 1 is 1.53 bits per heavy atom. The molecule has 4 heteroatoms.